The monoisotopic (exact) mass is 243 g/mol. The Kier molecular flexibility index (Phi) is 5.92. The first-order valence-corrected chi connectivity index (χ1v) is 6.54. The van der Waals surface area contributed by atoms with Gasteiger partial charge in [-0.1, -0.05) is 20.8 Å². The molecule has 0 spiro atoms. The first kappa shape index (κ1) is 14.5. The van der Waals surface area contributed by atoms with Crippen molar-refractivity contribution in [1.82, 2.24) is 5.32 Å². The molecule has 1 rings (SSSR count). The molecule has 1 amide bonds. The van der Waals surface area contributed by atoms with Gasteiger partial charge in [0.1, 0.15) is 0 Å². The van der Waals surface area contributed by atoms with Crippen LogP contribution in [0.1, 0.15) is 40.0 Å². The molecule has 4 nitrogen and oxygen atoms in total. The average molecular weight is 243 g/mol. The maximum Gasteiger partial charge on any atom is 0.225 e. The summed E-state index contributed by atoms with van der Waals surface area (Å²) in [5, 5.41) is 2.95. The van der Waals surface area contributed by atoms with E-state index in [2.05, 4.69) is 5.32 Å². The number of amides is 1. The van der Waals surface area contributed by atoms with Gasteiger partial charge in [0, 0.05) is 25.2 Å². The summed E-state index contributed by atoms with van der Waals surface area (Å²) in [5.41, 5.74) is -0.264. The van der Waals surface area contributed by atoms with Crippen LogP contribution in [0.2, 0.25) is 0 Å². The fraction of sp³-hybridized carbons (Fsp3) is 0.923. The third-order valence-corrected chi connectivity index (χ3v) is 3.35. The molecule has 0 aromatic carbocycles. The molecule has 1 atom stereocenters. The number of ether oxygens (including phenoxy) is 2. The number of hydrogen-bond donors (Lipinski definition) is 1. The molecule has 1 heterocycles. The number of rotatable bonds is 7. The molecule has 1 N–H and O–H groups in total. The van der Waals surface area contributed by atoms with E-state index in [1.54, 1.807) is 0 Å². The van der Waals surface area contributed by atoms with Crippen molar-refractivity contribution in [2.24, 2.45) is 5.41 Å². The van der Waals surface area contributed by atoms with Gasteiger partial charge in [0.15, 0.2) is 0 Å². The van der Waals surface area contributed by atoms with E-state index in [1.165, 1.54) is 0 Å². The molecule has 100 valence electrons. The van der Waals surface area contributed by atoms with Gasteiger partial charge in [-0.2, -0.15) is 0 Å². The first-order valence-electron chi connectivity index (χ1n) is 6.54. The molecule has 4 heteroatoms. The molecule has 0 radical (unpaired) electrons. The van der Waals surface area contributed by atoms with Gasteiger partial charge in [0.05, 0.1) is 12.7 Å². The molecule has 0 aromatic heterocycles. The van der Waals surface area contributed by atoms with E-state index in [0.29, 0.717) is 13.2 Å². The van der Waals surface area contributed by atoms with Crippen LogP contribution in [0.5, 0.6) is 0 Å². The minimum Gasteiger partial charge on any atom is -0.379 e. The Bertz CT molecular complexity index is 235. The zero-order valence-corrected chi connectivity index (χ0v) is 11.3. The van der Waals surface area contributed by atoms with Crippen LogP contribution >= 0.6 is 0 Å². The van der Waals surface area contributed by atoms with E-state index in [-0.39, 0.29) is 17.4 Å². The molecule has 1 fully saturated rings. The van der Waals surface area contributed by atoms with Crippen LogP contribution in [0, 0.1) is 5.41 Å². The zero-order chi connectivity index (χ0) is 12.7. The summed E-state index contributed by atoms with van der Waals surface area (Å²) in [6.45, 7) is 8.88. The Morgan fingerprint density at radius 3 is 2.88 bits per heavy atom. The Hall–Kier alpha value is -0.610. The highest BCUT2D eigenvalue weighted by atomic mass is 16.5. The van der Waals surface area contributed by atoms with Crippen molar-refractivity contribution in [3.8, 4) is 0 Å². The van der Waals surface area contributed by atoms with Gasteiger partial charge in [-0.15, -0.1) is 0 Å². The number of carbonyl (C=O) groups excluding carboxylic acids is 1. The Labute approximate surface area is 104 Å². The molecule has 0 aliphatic carbocycles. The maximum atomic E-state index is 11.7. The fourth-order valence-corrected chi connectivity index (χ4v) is 1.57. The van der Waals surface area contributed by atoms with Crippen molar-refractivity contribution >= 4 is 5.91 Å². The first-order chi connectivity index (χ1) is 8.06. The Morgan fingerprint density at radius 1 is 1.53 bits per heavy atom. The van der Waals surface area contributed by atoms with Crippen LogP contribution < -0.4 is 5.32 Å². The van der Waals surface area contributed by atoms with Crippen LogP contribution in [0.25, 0.3) is 0 Å². The van der Waals surface area contributed by atoms with Gasteiger partial charge >= 0.3 is 0 Å². The molecule has 0 saturated carbocycles. The lowest BCUT2D eigenvalue weighted by atomic mass is 9.89. The molecule has 1 saturated heterocycles. The van der Waals surface area contributed by atoms with Crippen molar-refractivity contribution < 1.29 is 14.3 Å². The number of hydrogen-bond acceptors (Lipinski definition) is 3. The molecule has 1 aliphatic rings. The summed E-state index contributed by atoms with van der Waals surface area (Å²) in [7, 11) is 0. The molecular weight excluding hydrogens is 218 g/mol. The summed E-state index contributed by atoms with van der Waals surface area (Å²) in [6.07, 6.45) is 2.98. The summed E-state index contributed by atoms with van der Waals surface area (Å²) >= 11 is 0. The second-order valence-corrected chi connectivity index (χ2v) is 5.20. The van der Waals surface area contributed by atoms with Crippen LogP contribution in [-0.2, 0) is 14.3 Å². The second kappa shape index (κ2) is 6.97. The highest BCUT2D eigenvalue weighted by molar-refractivity contribution is 5.81. The lowest BCUT2D eigenvalue weighted by Crippen LogP contribution is -2.37. The van der Waals surface area contributed by atoms with E-state index >= 15 is 0 Å². The predicted molar refractivity (Wildman–Crippen MR) is 66.9 cm³/mol. The summed E-state index contributed by atoms with van der Waals surface area (Å²) in [6, 6.07) is 0. The van der Waals surface area contributed by atoms with Gasteiger partial charge in [-0.3, -0.25) is 4.79 Å². The second-order valence-electron chi connectivity index (χ2n) is 5.20. The summed E-state index contributed by atoms with van der Waals surface area (Å²) in [5.74, 6) is 0.129. The number of carbonyl (C=O) groups is 1. The Morgan fingerprint density at radius 2 is 2.29 bits per heavy atom. The molecule has 0 bridgehead atoms. The van der Waals surface area contributed by atoms with Gasteiger partial charge < -0.3 is 14.8 Å². The van der Waals surface area contributed by atoms with E-state index in [0.717, 1.165) is 32.5 Å². The van der Waals surface area contributed by atoms with Crippen molar-refractivity contribution in [3.63, 3.8) is 0 Å². The van der Waals surface area contributed by atoms with Crippen LogP contribution in [0.4, 0.5) is 0 Å². The van der Waals surface area contributed by atoms with Crippen LogP contribution in [-0.4, -0.2) is 38.4 Å². The summed E-state index contributed by atoms with van der Waals surface area (Å²) < 4.78 is 10.8. The molecule has 1 aliphatic heterocycles. The molecule has 0 unspecified atom stereocenters. The van der Waals surface area contributed by atoms with Gasteiger partial charge in [0.2, 0.25) is 5.91 Å². The molecule has 0 aromatic rings. The lowest BCUT2D eigenvalue weighted by Gasteiger charge is -2.21. The van der Waals surface area contributed by atoms with Gasteiger partial charge in [0.25, 0.3) is 0 Å². The summed E-state index contributed by atoms with van der Waals surface area (Å²) in [4.78, 5) is 11.7. The van der Waals surface area contributed by atoms with Crippen molar-refractivity contribution in [2.75, 3.05) is 26.4 Å². The van der Waals surface area contributed by atoms with E-state index in [4.69, 9.17) is 9.47 Å². The SMILES string of the molecule is CCC(C)(C)C(=O)NCCCO[C@H]1CCOC1. The molecular formula is C13H25NO3. The van der Waals surface area contributed by atoms with E-state index in [9.17, 15) is 4.79 Å². The minimum absolute atomic E-state index is 0.129. The smallest absolute Gasteiger partial charge is 0.225 e. The third kappa shape index (κ3) is 5.04. The van der Waals surface area contributed by atoms with E-state index < -0.39 is 0 Å². The predicted octanol–water partition coefficient (Wildman–Crippen LogP) is 1.73. The van der Waals surface area contributed by atoms with Gasteiger partial charge in [-0.25, -0.2) is 0 Å². The van der Waals surface area contributed by atoms with E-state index in [1.807, 2.05) is 20.8 Å². The van der Waals surface area contributed by atoms with Crippen LogP contribution in [0.15, 0.2) is 0 Å². The lowest BCUT2D eigenvalue weighted by molar-refractivity contribution is -0.129. The normalized spacial score (nSPS) is 20.5. The highest BCUT2D eigenvalue weighted by Gasteiger charge is 2.24. The van der Waals surface area contributed by atoms with Crippen molar-refractivity contribution in [1.29, 1.82) is 0 Å². The zero-order valence-electron chi connectivity index (χ0n) is 11.3. The topological polar surface area (TPSA) is 47.6 Å². The Balaban J connectivity index is 2.01. The highest BCUT2D eigenvalue weighted by Crippen LogP contribution is 2.19. The standard InChI is InChI=1S/C13H25NO3/c1-4-13(2,3)12(15)14-7-5-8-17-11-6-9-16-10-11/h11H,4-10H2,1-3H3,(H,14,15)/t11-/m0/s1. The van der Waals surface area contributed by atoms with Gasteiger partial charge in [-0.05, 0) is 19.3 Å². The fourth-order valence-electron chi connectivity index (χ4n) is 1.57. The third-order valence-electron chi connectivity index (χ3n) is 3.35. The average Bonchev–Trinajstić information content (AvgIpc) is 2.81. The minimum atomic E-state index is -0.264. The molecule has 17 heavy (non-hydrogen) atoms. The number of nitrogens with one attached hydrogen (secondary N) is 1. The largest absolute Gasteiger partial charge is 0.379 e. The van der Waals surface area contributed by atoms with Crippen LogP contribution in [0.3, 0.4) is 0 Å². The maximum absolute atomic E-state index is 11.7. The van der Waals surface area contributed by atoms with Crippen molar-refractivity contribution in [2.45, 2.75) is 46.1 Å². The quantitative estimate of drug-likeness (QED) is 0.693. The van der Waals surface area contributed by atoms with Crippen molar-refractivity contribution in [3.05, 3.63) is 0 Å².